The van der Waals surface area contributed by atoms with Gasteiger partial charge in [0.15, 0.2) is 0 Å². The van der Waals surface area contributed by atoms with Crippen LogP contribution in [0.25, 0.3) is 0 Å². The maximum atomic E-state index is 11.8. The van der Waals surface area contributed by atoms with E-state index in [1.807, 2.05) is 6.92 Å². The molecule has 0 aliphatic rings. The van der Waals surface area contributed by atoms with Crippen molar-refractivity contribution in [3.05, 3.63) is 24.0 Å². The molecule has 0 radical (unpaired) electrons. The van der Waals surface area contributed by atoms with E-state index in [0.717, 1.165) is 6.42 Å². The van der Waals surface area contributed by atoms with Crippen molar-refractivity contribution in [3.8, 4) is 0 Å². The van der Waals surface area contributed by atoms with Gasteiger partial charge in [0.25, 0.3) is 5.91 Å². The molecular formula is C12H18N4O2. The van der Waals surface area contributed by atoms with E-state index in [9.17, 15) is 9.59 Å². The predicted molar refractivity (Wildman–Crippen MR) is 69.4 cm³/mol. The van der Waals surface area contributed by atoms with Crippen molar-refractivity contribution in [2.45, 2.75) is 13.3 Å². The highest BCUT2D eigenvalue weighted by molar-refractivity contribution is 6.00. The molecule has 0 bridgehead atoms. The van der Waals surface area contributed by atoms with Gasteiger partial charge in [0.1, 0.15) is 0 Å². The van der Waals surface area contributed by atoms with Crippen molar-refractivity contribution in [2.75, 3.05) is 25.5 Å². The first-order valence-corrected chi connectivity index (χ1v) is 5.85. The minimum absolute atomic E-state index is 0.0235. The van der Waals surface area contributed by atoms with Gasteiger partial charge in [-0.3, -0.25) is 14.6 Å². The second-order valence-corrected chi connectivity index (χ2v) is 3.70. The Morgan fingerprint density at radius 3 is 2.78 bits per heavy atom. The largest absolute Gasteiger partial charge is 0.386 e. The quantitative estimate of drug-likeness (QED) is 0.681. The van der Waals surface area contributed by atoms with Gasteiger partial charge in [-0.15, -0.1) is 0 Å². The fourth-order valence-electron chi connectivity index (χ4n) is 1.37. The lowest BCUT2D eigenvalue weighted by molar-refractivity contribution is -0.120. The van der Waals surface area contributed by atoms with Crippen LogP contribution >= 0.6 is 0 Å². The van der Waals surface area contributed by atoms with Crippen molar-refractivity contribution < 1.29 is 9.59 Å². The van der Waals surface area contributed by atoms with Crippen molar-refractivity contribution >= 4 is 17.5 Å². The Bertz CT molecular complexity index is 420. The number of nitrogens with one attached hydrogen (secondary N) is 3. The Labute approximate surface area is 106 Å². The van der Waals surface area contributed by atoms with Gasteiger partial charge in [-0.05, 0) is 12.5 Å². The molecule has 18 heavy (non-hydrogen) atoms. The average Bonchev–Trinajstić information content (AvgIpc) is 2.42. The van der Waals surface area contributed by atoms with E-state index < -0.39 is 0 Å². The predicted octanol–water partition coefficient (Wildman–Crippen LogP) is 0.379. The number of hydrogen-bond donors (Lipinski definition) is 3. The second-order valence-electron chi connectivity index (χ2n) is 3.70. The molecular weight excluding hydrogens is 232 g/mol. The Kier molecular flexibility index (Phi) is 5.63. The highest BCUT2D eigenvalue weighted by Gasteiger charge is 2.11. The van der Waals surface area contributed by atoms with Crippen LogP contribution in [-0.2, 0) is 4.79 Å². The first-order chi connectivity index (χ1) is 8.69. The van der Waals surface area contributed by atoms with Gasteiger partial charge in [0, 0.05) is 19.8 Å². The molecule has 0 unspecified atom stereocenters. The highest BCUT2D eigenvalue weighted by Crippen LogP contribution is 2.11. The maximum Gasteiger partial charge on any atom is 0.253 e. The molecule has 0 aromatic carbocycles. The standard InChI is InChI=1S/C12H18N4O2/c1-3-5-15-11(17)8-16-12(18)9-4-6-14-7-10(9)13-2/h4,6-7,13H,3,5,8H2,1-2H3,(H,15,17)(H,16,18). The second kappa shape index (κ2) is 7.26. The molecule has 6 nitrogen and oxygen atoms in total. The summed E-state index contributed by atoms with van der Waals surface area (Å²) in [5.74, 6) is -0.487. The minimum atomic E-state index is -0.298. The Balaban J connectivity index is 2.52. The van der Waals surface area contributed by atoms with Gasteiger partial charge >= 0.3 is 0 Å². The molecule has 0 atom stereocenters. The molecule has 0 saturated heterocycles. The summed E-state index contributed by atoms with van der Waals surface area (Å²) in [6, 6.07) is 1.60. The Morgan fingerprint density at radius 2 is 2.11 bits per heavy atom. The highest BCUT2D eigenvalue weighted by atomic mass is 16.2. The molecule has 2 amide bonds. The summed E-state index contributed by atoms with van der Waals surface area (Å²) in [7, 11) is 1.71. The molecule has 0 aliphatic heterocycles. The number of amides is 2. The van der Waals surface area contributed by atoms with E-state index in [2.05, 4.69) is 20.9 Å². The number of anilines is 1. The molecule has 6 heteroatoms. The van der Waals surface area contributed by atoms with E-state index in [1.165, 1.54) is 6.20 Å². The van der Waals surface area contributed by atoms with Gasteiger partial charge in [-0.2, -0.15) is 0 Å². The van der Waals surface area contributed by atoms with Crippen LogP contribution in [0.4, 0.5) is 5.69 Å². The van der Waals surface area contributed by atoms with Gasteiger partial charge in [-0.25, -0.2) is 0 Å². The van der Waals surface area contributed by atoms with Gasteiger partial charge in [0.05, 0.1) is 24.0 Å². The molecule has 3 N–H and O–H groups in total. The SMILES string of the molecule is CCCNC(=O)CNC(=O)c1ccncc1NC. The molecule has 1 rings (SSSR count). The van der Waals surface area contributed by atoms with E-state index in [1.54, 1.807) is 19.3 Å². The zero-order valence-corrected chi connectivity index (χ0v) is 10.6. The molecule has 0 spiro atoms. The number of rotatable bonds is 6. The zero-order chi connectivity index (χ0) is 13.4. The Hall–Kier alpha value is -2.11. The van der Waals surface area contributed by atoms with Gasteiger partial charge in [0.2, 0.25) is 5.91 Å². The van der Waals surface area contributed by atoms with E-state index in [4.69, 9.17) is 0 Å². The molecule has 1 aromatic heterocycles. The summed E-state index contributed by atoms with van der Waals surface area (Å²) in [5.41, 5.74) is 1.10. The van der Waals surface area contributed by atoms with Gasteiger partial charge in [-0.1, -0.05) is 6.92 Å². The first kappa shape index (κ1) is 14.0. The number of aromatic nitrogens is 1. The van der Waals surface area contributed by atoms with Gasteiger partial charge < -0.3 is 16.0 Å². The number of hydrogen-bond acceptors (Lipinski definition) is 4. The number of pyridine rings is 1. The normalized spacial score (nSPS) is 9.67. The minimum Gasteiger partial charge on any atom is -0.386 e. The van der Waals surface area contributed by atoms with Crippen LogP contribution in [0.1, 0.15) is 23.7 Å². The number of carbonyl (C=O) groups is 2. The van der Waals surface area contributed by atoms with Crippen LogP contribution < -0.4 is 16.0 Å². The van der Waals surface area contributed by atoms with Crippen molar-refractivity contribution in [1.29, 1.82) is 0 Å². The van der Waals surface area contributed by atoms with Crippen LogP contribution in [0.5, 0.6) is 0 Å². The van der Waals surface area contributed by atoms with E-state index >= 15 is 0 Å². The molecule has 0 fully saturated rings. The molecule has 1 heterocycles. The van der Waals surface area contributed by atoms with Crippen molar-refractivity contribution in [2.24, 2.45) is 0 Å². The number of carbonyl (C=O) groups excluding carboxylic acids is 2. The smallest absolute Gasteiger partial charge is 0.253 e. The third-order valence-corrected chi connectivity index (χ3v) is 2.32. The lowest BCUT2D eigenvalue weighted by Gasteiger charge is -2.09. The van der Waals surface area contributed by atoms with Crippen molar-refractivity contribution in [3.63, 3.8) is 0 Å². The zero-order valence-electron chi connectivity index (χ0n) is 10.6. The lowest BCUT2D eigenvalue weighted by atomic mass is 10.2. The molecule has 98 valence electrons. The van der Waals surface area contributed by atoms with Crippen molar-refractivity contribution in [1.82, 2.24) is 15.6 Å². The Morgan fingerprint density at radius 1 is 1.33 bits per heavy atom. The monoisotopic (exact) mass is 250 g/mol. The summed E-state index contributed by atoms with van der Waals surface area (Å²) >= 11 is 0. The third-order valence-electron chi connectivity index (χ3n) is 2.32. The van der Waals surface area contributed by atoms with Crippen LogP contribution in [-0.4, -0.2) is 36.9 Å². The number of nitrogens with zero attached hydrogens (tertiary/aromatic N) is 1. The molecule has 0 saturated carbocycles. The van der Waals surface area contributed by atoms with Crippen LogP contribution in [0.15, 0.2) is 18.5 Å². The summed E-state index contributed by atoms with van der Waals surface area (Å²) in [4.78, 5) is 27.1. The van der Waals surface area contributed by atoms with Crippen LogP contribution in [0, 0.1) is 0 Å². The maximum absolute atomic E-state index is 11.8. The van der Waals surface area contributed by atoms with E-state index in [0.29, 0.717) is 17.8 Å². The average molecular weight is 250 g/mol. The molecule has 0 aliphatic carbocycles. The van der Waals surface area contributed by atoms with Crippen LogP contribution in [0.2, 0.25) is 0 Å². The lowest BCUT2D eigenvalue weighted by Crippen LogP contribution is -2.37. The third kappa shape index (κ3) is 4.04. The fraction of sp³-hybridized carbons (Fsp3) is 0.417. The molecule has 1 aromatic rings. The topological polar surface area (TPSA) is 83.1 Å². The van der Waals surface area contributed by atoms with Crippen LogP contribution in [0.3, 0.4) is 0 Å². The summed E-state index contributed by atoms with van der Waals surface area (Å²) in [5, 5.41) is 8.12. The summed E-state index contributed by atoms with van der Waals surface area (Å²) in [6.07, 6.45) is 3.97. The van der Waals surface area contributed by atoms with E-state index in [-0.39, 0.29) is 18.4 Å². The summed E-state index contributed by atoms with van der Waals surface area (Å²) in [6.45, 7) is 2.56. The fourth-order valence-corrected chi connectivity index (χ4v) is 1.37. The summed E-state index contributed by atoms with van der Waals surface area (Å²) < 4.78 is 0. The first-order valence-electron chi connectivity index (χ1n) is 5.85.